The van der Waals surface area contributed by atoms with E-state index in [-0.39, 0.29) is 13.0 Å². The number of aryl methyl sites for hydroxylation is 1. The molecule has 1 aliphatic carbocycles. The number of carbonyl (C=O) groups excluding carboxylic acids is 1. The van der Waals surface area contributed by atoms with Crippen molar-refractivity contribution in [3.05, 3.63) is 45.1 Å². The average molecular weight is 317 g/mol. The van der Waals surface area contributed by atoms with Gasteiger partial charge >= 0.3 is 11.7 Å². The summed E-state index contributed by atoms with van der Waals surface area (Å²) >= 11 is 0. The number of carbonyl (C=O) groups is 2. The Morgan fingerprint density at radius 1 is 1.26 bits per heavy atom. The molecule has 1 aromatic heterocycles. The van der Waals surface area contributed by atoms with Gasteiger partial charge in [0.1, 0.15) is 5.54 Å². The number of H-pyrrole nitrogens is 1. The zero-order valence-corrected chi connectivity index (χ0v) is 12.2. The van der Waals surface area contributed by atoms with Crippen LogP contribution < -0.4 is 16.6 Å². The van der Waals surface area contributed by atoms with Gasteiger partial charge in [-0.2, -0.15) is 0 Å². The standard InChI is InChI=1S/C15H15N3O5/c19-11(17-15(6-7-15)13(21)22)5-8-18-10-4-2-1-3-9(10)12(20)16-14(18)23/h1-4H,5-8H2,(H,17,19)(H,21,22)(H,16,20,23). The first-order valence-corrected chi connectivity index (χ1v) is 7.19. The van der Waals surface area contributed by atoms with Crippen molar-refractivity contribution >= 4 is 22.8 Å². The lowest BCUT2D eigenvalue weighted by atomic mass is 10.2. The maximum atomic E-state index is 12.0. The molecule has 120 valence electrons. The normalized spacial score (nSPS) is 15.3. The monoisotopic (exact) mass is 317 g/mol. The molecule has 0 atom stereocenters. The lowest BCUT2D eigenvalue weighted by Gasteiger charge is -2.13. The third-order valence-electron chi connectivity index (χ3n) is 4.01. The number of hydrogen-bond acceptors (Lipinski definition) is 4. The zero-order chi connectivity index (χ0) is 16.6. The van der Waals surface area contributed by atoms with Gasteiger partial charge in [0.25, 0.3) is 5.56 Å². The maximum absolute atomic E-state index is 12.0. The highest BCUT2D eigenvalue weighted by atomic mass is 16.4. The molecule has 1 fully saturated rings. The Kier molecular flexibility index (Phi) is 3.51. The summed E-state index contributed by atoms with van der Waals surface area (Å²) < 4.78 is 1.30. The molecule has 0 bridgehead atoms. The highest BCUT2D eigenvalue weighted by Crippen LogP contribution is 2.35. The number of benzene rings is 1. The number of aliphatic carboxylic acids is 1. The van der Waals surface area contributed by atoms with Crippen LogP contribution in [0.3, 0.4) is 0 Å². The summed E-state index contributed by atoms with van der Waals surface area (Å²) in [4.78, 5) is 48.9. The largest absolute Gasteiger partial charge is 0.480 e. The SMILES string of the molecule is O=C(CCn1c(=O)[nH]c(=O)c2ccccc21)NC1(C(=O)O)CC1. The van der Waals surface area contributed by atoms with Gasteiger partial charge in [0.2, 0.25) is 5.91 Å². The third kappa shape index (κ3) is 2.75. The van der Waals surface area contributed by atoms with Crippen molar-refractivity contribution in [2.45, 2.75) is 31.3 Å². The van der Waals surface area contributed by atoms with Gasteiger partial charge in [0, 0.05) is 13.0 Å². The van der Waals surface area contributed by atoms with E-state index in [0.29, 0.717) is 23.7 Å². The number of rotatable bonds is 5. The Balaban J connectivity index is 1.80. The summed E-state index contributed by atoms with van der Waals surface area (Å²) in [5, 5.41) is 11.9. The van der Waals surface area contributed by atoms with E-state index in [4.69, 9.17) is 5.11 Å². The second-order valence-corrected chi connectivity index (χ2v) is 5.61. The Hall–Kier alpha value is -2.90. The molecule has 1 amide bonds. The van der Waals surface area contributed by atoms with Gasteiger partial charge in [0.05, 0.1) is 10.9 Å². The summed E-state index contributed by atoms with van der Waals surface area (Å²) in [5.41, 5.74) is -1.78. The van der Waals surface area contributed by atoms with Gasteiger partial charge in [-0.15, -0.1) is 0 Å². The number of nitrogens with one attached hydrogen (secondary N) is 2. The highest BCUT2D eigenvalue weighted by molar-refractivity contribution is 5.89. The molecular weight excluding hydrogens is 302 g/mol. The van der Waals surface area contributed by atoms with E-state index in [2.05, 4.69) is 10.3 Å². The van der Waals surface area contributed by atoms with Crippen LogP contribution in [0, 0.1) is 0 Å². The van der Waals surface area contributed by atoms with Crippen molar-refractivity contribution in [3.63, 3.8) is 0 Å². The number of para-hydroxylation sites is 1. The summed E-state index contributed by atoms with van der Waals surface area (Å²) in [6.45, 7) is 0.0532. The molecule has 0 saturated heterocycles. The molecule has 1 aromatic carbocycles. The number of aromatic amines is 1. The maximum Gasteiger partial charge on any atom is 0.329 e. The van der Waals surface area contributed by atoms with Gasteiger partial charge in [-0.25, -0.2) is 9.59 Å². The predicted octanol–water partition coefficient (Wildman–Crippen LogP) is -0.187. The fourth-order valence-corrected chi connectivity index (χ4v) is 2.52. The molecule has 3 N–H and O–H groups in total. The lowest BCUT2D eigenvalue weighted by Crippen LogP contribution is -2.43. The van der Waals surface area contributed by atoms with Crippen molar-refractivity contribution in [1.29, 1.82) is 0 Å². The van der Waals surface area contributed by atoms with Crippen LogP contribution in [0.15, 0.2) is 33.9 Å². The topological polar surface area (TPSA) is 121 Å². The van der Waals surface area contributed by atoms with Crippen molar-refractivity contribution in [3.8, 4) is 0 Å². The molecular formula is C15H15N3O5. The number of carboxylic acid groups (broad SMARTS) is 1. The van der Waals surface area contributed by atoms with Gasteiger partial charge in [-0.3, -0.25) is 19.1 Å². The minimum absolute atomic E-state index is 0.0506. The Morgan fingerprint density at radius 2 is 1.96 bits per heavy atom. The molecule has 8 nitrogen and oxygen atoms in total. The fourth-order valence-electron chi connectivity index (χ4n) is 2.52. The first kappa shape index (κ1) is 15.0. The van der Waals surface area contributed by atoms with Gasteiger partial charge in [0.15, 0.2) is 0 Å². The molecule has 0 spiro atoms. The van der Waals surface area contributed by atoms with Gasteiger partial charge in [-0.05, 0) is 25.0 Å². The first-order chi connectivity index (χ1) is 10.9. The van der Waals surface area contributed by atoms with Crippen molar-refractivity contribution < 1.29 is 14.7 Å². The number of hydrogen-bond donors (Lipinski definition) is 3. The van der Waals surface area contributed by atoms with Crippen LogP contribution >= 0.6 is 0 Å². The molecule has 0 aliphatic heterocycles. The van der Waals surface area contributed by atoms with Crippen LogP contribution in [0.25, 0.3) is 10.9 Å². The quantitative estimate of drug-likeness (QED) is 0.706. The minimum atomic E-state index is -1.14. The van der Waals surface area contributed by atoms with Crippen LogP contribution in [0.2, 0.25) is 0 Å². The molecule has 2 aromatic rings. The molecule has 1 heterocycles. The zero-order valence-electron chi connectivity index (χ0n) is 12.2. The first-order valence-electron chi connectivity index (χ1n) is 7.19. The van der Waals surface area contributed by atoms with Crippen molar-refractivity contribution in [1.82, 2.24) is 14.9 Å². The summed E-state index contributed by atoms with van der Waals surface area (Å²) in [6.07, 6.45) is 0.774. The number of carboxylic acids is 1. The van der Waals surface area contributed by atoms with E-state index in [9.17, 15) is 19.2 Å². The third-order valence-corrected chi connectivity index (χ3v) is 4.01. The number of nitrogens with zero attached hydrogens (tertiary/aromatic N) is 1. The van der Waals surface area contributed by atoms with E-state index in [1.807, 2.05) is 0 Å². The van der Waals surface area contributed by atoms with Crippen LogP contribution in [0.1, 0.15) is 19.3 Å². The Labute approximate surface area is 129 Å². The van der Waals surface area contributed by atoms with Crippen molar-refractivity contribution in [2.75, 3.05) is 0 Å². The molecule has 3 rings (SSSR count). The molecule has 1 saturated carbocycles. The molecule has 23 heavy (non-hydrogen) atoms. The van der Waals surface area contributed by atoms with E-state index >= 15 is 0 Å². The second-order valence-electron chi connectivity index (χ2n) is 5.61. The Morgan fingerprint density at radius 3 is 2.61 bits per heavy atom. The predicted molar refractivity (Wildman–Crippen MR) is 81.2 cm³/mol. The van der Waals surface area contributed by atoms with Crippen LogP contribution in [0.5, 0.6) is 0 Å². The van der Waals surface area contributed by atoms with E-state index in [0.717, 1.165) is 0 Å². The van der Waals surface area contributed by atoms with Gasteiger partial charge in [-0.1, -0.05) is 12.1 Å². The highest BCUT2D eigenvalue weighted by Gasteiger charge is 2.51. The van der Waals surface area contributed by atoms with Crippen LogP contribution in [0.4, 0.5) is 0 Å². The number of aromatic nitrogens is 2. The lowest BCUT2D eigenvalue weighted by molar-refractivity contribution is -0.143. The van der Waals surface area contributed by atoms with Crippen molar-refractivity contribution in [2.24, 2.45) is 0 Å². The molecule has 1 aliphatic rings. The molecule has 0 radical (unpaired) electrons. The molecule has 0 unspecified atom stereocenters. The molecule has 8 heteroatoms. The second kappa shape index (κ2) is 5.38. The summed E-state index contributed by atoms with van der Waals surface area (Å²) in [5.74, 6) is -1.48. The van der Waals surface area contributed by atoms with E-state index in [1.165, 1.54) is 4.57 Å². The fraction of sp³-hybridized carbons (Fsp3) is 0.333. The number of fused-ring (bicyclic) bond motifs is 1. The van der Waals surface area contributed by atoms with E-state index < -0.39 is 28.7 Å². The minimum Gasteiger partial charge on any atom is -0.480 e. The van der Waals surface area contributed by atoms with E-state index in [1.54, 1.807) is 24.3 Å². The number of amides is 1. The van der Waals surface area contributed by atoms with Crippen LogP contribution in [-0.2, 0) is 16.1 Å². The van der Waals surface area contributed by atoms with Gasteiger partial charge < -0.3 is 10.4 Å². The summed E-state index contributed by atoms with van der Waals surface area (Å²) in [7, 11) is 0. The summed E-state index contributed by atoms with van der Waals surface area (Å²) in [6, 6.07) is 6.60. The Bertz CT molecular complexity index is 907. The average Bonchev–Trinajstić information content (AvgIpc) is 3.28. The van der Waals surface area contributed by atoms with Crippen LogP contribution in [-0.4, -0.2) is 32.1 Å². The smallest absolute Gasteiger partial charge is 0.329 e.